The third-order valence-corrected chi connectivity index (χ3v) is 2.97. The summed E-state index contributed by atoms with van der Waals surface area (Å²) in [5, 5.41) is 0. The number of nitrogens with zero attached hydrogens (tertiary/aromatic N) is 1. The summed E-state index contributed by atoms with van der Waals surface area (Å²) in [7, 11) is 0. The molecule has 1 amide bonds. The molecule has 1 aliphatic rings. The zero-order chi connectivity index (χ0) is 11.4. The van der Waals surface area contributed by atoms with Crippen molar-refractivity contribution in [3.8, 4) is 0 Å². The Balaban J connectivity index is 2.04. The van der Waals surface area contributed by atoms with Crippen LogP contribution in [0.25, 0.3) is 0 Å². The molecule has 2 rings (SSSR count). The van der Waals surface area contributed by atoms with Crippen molar-refractivity contribution < 1.29 is 9.18 Å². The minimum atomic E-state index is -0.742. The van der Waals surface area contributed by atoms with Gasteiger partial charge in [-0.25, -0.2) is 4.39 Å². The Morgan fingerprint density at radius 2 is 1.94 bits per heavy atom. The molecule has 1 atom stereocenters. The summed E-state index contributed by atoms with van der Waals surface area (Å²) in [6.45, 7) is 1.21. The van der Waals surface area contributed by atoms with E-state index in [1.165, 1.54) is 0 Å². The normalized spacial score (nSPS) is 21.6. The van der Waals surface area contributed by atoms with Crippen LogP contribution in [-0.4, -0.2) is 30.1 Å². The van der Waals surface area contributed by atoms with E-state index < -0.39 is 6.17 Å². The van der Waals surface area contributed by atoms with E-state index in [9.17, 15) is 9.18 Å². The van der Waals surface area contributed by atoms with Crippen LogP contribution in [-0.2, 0) is 0 Å². The van der Waals surface area contributed by atoms with Crippen molar-refractivity contribution in [3.05, 3.63) is 35.9 Å². The first-order valence-electron chi connectivity index (χ1n) is 5.76. The Bertz CT molecular complexity index is 352. The molecule has 1 aromatic rings. The largest absolute Gasteiger partial charge is 0.339 e. The van der Waals surface area contributed by atoms with Crippen LogP contribution < -0.4 is 0 Å². The van der Waals surface area contributed by atoms with Gasteiger partial charge in [-0.05, 0) is 31.4 Å². The molecule has 1 aromatic carbocycles. The molecule has 0 N–H and O–H groups in total. The van der Waals surface area contributed by atoms with Gasteiger partial charge in [0.1, 0.15) is 6.17 Å². The van der Waals surface area contributed by atoms with Crippen molar-refractivity contribution >= 4 is 5.91 Å². The van der Waals surface area contributed by atoms with Crippen molar-refractivity contribution in [1.82, 2.24) is 4.90 Å². The van der Waals surface area contributed by atoms with Gasteiger partial charge in [0.2, 0.25) is 0 Å². The second-order valence-corrected chi connectivity index (χ2v) is 4.19. The highest BCUT2D eigenvalue weighted by Crippen LogP contribution is 2.15. The predicted molar refractivity (Wildman–Crippen MR) is 61.1 cm³/mol. The molecule has 1 heterocycles. The first kappa shape index (κ1) is 11.1. The van der Waals surface area contributed by atoms with E-state index in [0.29, 0.717) is 31.5 Å². The lowest BCUT2D eigenvalue weighted by Crippen LogP contribution is -2.32. The van der Waals surface area contributed by atoms with Gasteiger partial charge < -0.3 is 4.90 Å². The zero-order valence-corrected chi connectivity index (χ0v) is 9.23. The van der Waals surface area contributed by atoms with Crippen LogP contribution in [0.1, 0.15) is 29.6 Å². The van der Waals surface area contributed by atoms with Crippen molar-refractivity contribution in [3.63, 3.8) is 0 Å². The maximum absolute atomic E-state index is 13.1. The van der Waals surface area contributed by atoms with Gasteiger partial charge in [0.15, 0.2) is 0 Å². The van der Waals surface area contributed by atoms with Crippen LogP contribution in [0.2, 0.25) is 0 Å². The number of hydrogen-bond donors (Lipinski definition) is 0. The van der Waals surface area contributed by atoms with Crippen LogP contribution in [0.4, 0.5) is 4.39 Å². The van der Waals surface area contributed by atoms with Crippen LogP contribution in [0.3, 0.4) is 0 Å². The predicted octanol–water partition coefficient (Wildman–Crippen LogP) is 2.65. The van der Waals surface area contributed by atoms with Gasteiger partial charge in [0.05, 0.1) is 0 Å². The summed E-state index contributed by atoms with van der Waals surface area (Å²) in [4.78, 5) is 13.8. The smallest absolute Gasteiger partial charge is 0.253 e. The van der Waals surface area contributed by atoms with Gasteiger partial charge in [-0.2, -0.15) is 0 Å². The Kier molecular flexibility index (Phi) is 3.54. The topological polar surface area (TPSA) is 20.3 Å². The molecule has 1 aliphatic heterocycles. The number of rotatable bonds is 1. The minimum absolute atomic E-state index is 0.0229. The number of carbonyl (C=O) groups excluding carboxylic acids is 1. The number of alkyl halides is 1. The van der Waals surface area contributed by atoms with Crippen molar-refractivity contribution in [2.75, 3.05) is 13.1 Å². The summed E-state index contributed by atoms with van der Waals surface area (Å²) in [5.74, 6) is 0.0229. The fourth-order valence-corrected chi connectivity index (χ4v) is 2.02. The van der Waals surface area contributed by atoms with Crippen molar-refractivity contribution in [2.45, 2.75) is 25.4 Å². The third kappa shape index (κ3) is 2.60. The van der Waals surface area contributed by atoms with E-state index in [2.05, 4.69) is 0 Å². The standard InChI is InChI=1S/C13H16FNO/c14-12-7-4-9-15(10-8-12)13(16)11-5-2-1-3-6-11/h1-3,5-6,12H,4,7-10H2. The van der Waals surface area contributed by atoms with Crippen LogP contribution in [0.15, 0.2) is 30.3 Å². The van der Waals surface area contributed by atoms with Gasteiger partial charge in [-0.1, -0.05) is 18.2 Å². The molecule has 0 bridgehead atoms. The van der Waals surface area contributed by atoms with E-state index in [-0.39, 0.29) is 5.91 Å². The summed E-state index contributed by atoms with van der Waals surface area (Å²) in [5.41, 5.74) is 0.694. The molecule has 0 aliphatic carbocycles. The highest BCUT2D eigenvalue weighted by molar-refractivity contribution is 5.94. The summed E-state index contributed by atoms with van der Waals surface area (Å²) >= 11 is 0. The van der Waals surface area contributed by atoms with Gasteiger partial charge in [-0.3, -0.25) is 4.79 Å². The van der Waals surface area contributed by atoms with Crippen LogP contribution in [0.5, 0.6) is 0 Å². The van der Waals surface area contributed by atoms with Crippen LogP contribution in [0, 0.1) is 0 Å². The number of benzene rings is 1. The van der Waals surface area contributed by atoms with Crippen molar-refractivity contribution in [2.24, 2.45) is 0 Å². The van der Waals surface area contributed by atoms with Crippen molar-refractivity contribution in [1.29, 1.82) is 0 Å². The molecular weight excluding hydrogens is 205 g/mol. The van der Waals surface area contributed by atoms with E-state index in [4.69, 9.17) is 0 Å². The molecule has 0 aromatic heterocycles. The maximum atomic E-state index is 13.1. The quantitative estimate of drug-likeness (QED) is 0.714. The van der Waals surface area contributed by atoms with Gasteiger partial charge in [0.25, 0.3) is 5.91 Å². The van der Waals surface area contributed by atoms with Gasteiger partial charge >= 0.3 is 0 Å². The second kappa shape index (κ2) is 5.10. The minimum Gasteiger partial charge on any atom is -0.339 e. The number of amides is 1. The number of hydrogen-bond acceptors (Lipinski definition) is 1. The molecule has 0 radical (unpaired) electrons. The Morgan fingerprint density at radius 1 is 1.19 bits per heavy atom. The fraction of sp³-hybridized carbons (Fsp3) is 0.462. The lowest BCUT2D eigenvalue weighted by atomic mass is 10.2. The summed E-state index contributed by atoms with van der Waals surface area (Å²) < 4.78 is 13.1. The molecule has 1 unspecified atom stereocenters. The number of likely N-dealkylation sites (tertiary alicyclic amines) is 1. The molecule has 0 saturated carbocycles. The average Bonchev–Trinajstić information content (AvgIpc) is 2.54. The molecule has 1 fully saturated rings. The Hall–Kier alpha value is -1.38. The fourth-order valence-electron chi connectivity index (χ4n) is 2.02. The molecule has 0 spiro atoms. The first-order chi connectivity index (χ1) is 7.77. The lowest BCUT2D eigenvalue weighted by molar-refractivity contribution is 0.0759. The van der Waals surface area contributed by atoms with E-state index >= 15 is 0 Å². The number of halogens is 1. The van der Waals surface area contributed by atoms with Crippen LogP contribution >= 0.6 is 0 Å². The molecule has 3 heteroatoms. The van der Waals surface area contributed by atoms with E-state index in [1.54, 1.807) is 17.0 Å². The van der Waals surface area contributed by atoms with Gasteiger partial charge in [-0.15, -0.1) is 0 Å². The summed E-state index contributed by atoms with van der Waals surface area (Å²) in [6.07, 6.45) is 1.07. The second-order valence-electron chi connectivity index (χ2n) is 4.19. The molecule has 86 valence electrons. The van der Waals surface area contributed by atoms with E-state index in [1.807, 2.05) is 18.2 Å². The number of carbonyl (C=O) groups is 1. The monoisotopic (exact) mass is 221 g/mol. The zero-order valence-electron chi connectivity index (χ0n) is 9.23. The first-order valence-corrected chi connectivity index (χ1v) is 5.76. The summed E-state index contributed by atoms with van der Waals surface area (Å²) in [6, 6.07) is 9.20. The molecule has 2 nitrogen and oxygen atoms in total. The Morgan fingerprint density at radius 3 is 2.69 bits per heavy atom. The van der Waals surface area contributed by atoms with E-state index in [0.717, 1.165) is 6.42 Å². The maximum Gasteiger partial charge on any atom is 0.253 e. The SMILES string of the molecule is O=C(c1ccccc1)N1CCCC(F)CC1. The Labute approximate surface area is 95.1 Å². The molecule has 16 heavy (non-hydrogen) atoms. The third-order valence-electron chi connectivity index (χ3n) is 2.97. The molecular formula is C13H16FNO. The molecule has 1 saturated heterocycles. The average molecular weight is 221 g/mol. The van der Waals surface area contributed by atoms with Gasteiger partial charge in [0, 0.05) is 18.7 Å². The highest BCUT2D eigenvalue weighted by atomic mass is 19.1. The lowest BCUT2D eigenvalue weighted by Gasteiger charge is -2.20. The highest BCUT2D eigenvalue weighted by Gasteiger charge is 2.20.